The van der Waals surface area contributed by atoms with Crippen LogP contribution in [0.5, 0.6) is 0 Å². The van der Waals surface area contributed by atoms with Crippen LogP contribution in [-0.2, 0) is 0 Å². The molecule has 4 heteroatoms. The molecular weight excluding hydrogens is 524 g/mol. The number of likely N-dealkylation sites (tertiary alicyclic amines) is 1. The van der Waals surface area contributed by atoms with Crippen molar-refractivity contribution in [1.29, 1.82) is 0 Å². The Morgan fingerprint density at radius 2 is 1.79 bits per heavy atom. The third-order valence-corrected chi connectivity index (χ3v) is 10.3. The summed E-state index contributed by atoms with van der Waals surface area (Å²) in [7, 11) is 1.85. The molecule has 0 aromatic rings. The van der Waals surface area contributed by atoms with E-state index in [0.717, 1.165) is 40.4 Å². The quantitative estimate of drug-likeness (QED) is 0.154. The normalized spacial score (nSPS) is 22.9. The van der Waals surface area contributed by atoms with Gasteiger partial charge in [0.15, 0.2) is 0 Å². The number of hydrogen-bond donors (Lipinski definition) is 0. The third kappa shape index (κ3) is 8.47. The van der Waals surface area contributed by atoms with Crippen LogP contribution in [0.4, 0.5) is 0 Å². The van der Waals surface area contributed by atoms with Gasteiger partial charge in [-0.3, -0.25) is 4.99 Å². The predicted octanol–water partition coefficient (Wildman–Crippen LogP) is 10.1. The second-order valence-electron chi connectivity index (χ2n) is 13.3. The number of fused-ring (bicyclic) bond motifs is 1. The standard InChI is InChI=1S/C29H38N4.C10H20/c1-20(2)21(3)17-26(30-4)27-18-28(23-7-5-8-23)33-19-24(11-12-29(33)31-27)22-13-15-32(16-14-22)25-9-6-10-25;1-5-7-8-10(4)9(3)6-2/h11-12,17-19,22,25H,1,5-10,13-16H2,2-4H3;8-9H,5-7H2,1-4H3/b21-17+,30-26?;10-8-. The van der Waals surface area contributed by atoms with Crippen LogP contribution in [0.3, 0.4) is 0 Å². The first-order chi connectivity index (χ1) is 20.7. The lowest BCUT2D eigenvalue weighted by atomic mass is 9.84. The van der Waals surface area contributed by atoms with Gasteiger partial charge in [-0.05, 0) is 138 Å². The lowest BCUT2D eigenvalue weighted by Crippen LogP contribution is -2.45. The van der Waals surface area contributed by atoms with Gasteiger partial charge < -0.3 is 9.80 Å². The zero-order valence-corrected chi connectivity index (χ0v) is 28.4. The molecule has 1 unspecified atom stereocenters. The molecule has 5 rings (SSSR count). The molecule has 1 atom stereocenters. The van der Waals surface area contributed by atoms with E-state index in [2.05, 4.69) is 92.6 Å². The van der Waals surface area contributed by atoms with Gasteiger partial charge in [-0.25, -0.2) is 4.99 Å². The molecule has 0 spiro atoms. The van der Waals surface area contributed by atoms with Crippen LogP contribution in [0.1, 0.15) is 112 Å². The SMILES string of the molecule is C=C(C)/C(C)=C/C(=NC)C1=CC(=C2CCC2)N2C=C(C3CCN(C4CCC4)CC3)C=CC2=N1.CCC/C=C(/C)C(C)CC. The van der Waals surface area contributed by atoms with E-state index >= 15 is 0 Å². The average Bonchev–Trinajstić information content (AvgIpc) is 2.96. The van der Waals surface area contributed by atoms with Gasteiger partial charge in [0.25, 0.3) is 0 Å². The molecule has 3 fully saturated rings. The summed E-state index contributed by atoms with van der Waals surface area (Å²) in [6, 6.07) is 0.873. The van der Waals surface area contributed by atoms with E-state index in [1.54, 1.807) is 11.1 Å². The summed E-state index contributed by atoms with van der Waals surface area (Å²) in [4.78, 5) is 14.7. The van der Waals surface area contributed by atoms with Crippen LogP contribution in [0.2, 0.25) is 0 Å². The molecule has 2 aliphatic carbocycles. The Hall–Kier alpha value is -2.72. The second-order valence-corrected chi connectivity index (χ2v) is 13.3. The van der Waals surface area contributed by atoms with Crippen molar-refractivity contribution in [2.45, 2.75) is 118 Å². The van der Waals surface area contributed by atoms with E-state index in [4.69, 9.17) is 4.99 Å². The van der Waals surface area contributed by atoms with E-state index in [0.29, 0.717) is 5.92 Å². The van der Waals surface area contributed by atoms with Gasteiger partial charge in [0.2, 0.25) is 0 Å². The molecule has 1 saturated heterocycles. The summed E-state index contributed by atoms with van der Waals surface area (Å²) in [5, 5.41) is 0. The van der Waals surface area contributed by atoms with E-state index in [9.17, 15) is 0 Å². The summed E-state index contributed by atoms with van der Waals surface area (Å²) in [5.41, 5.74) is 9.97. The van der Waals surface area contributed by atoms with Gasteiger partial charge in [0.1, 0.15) is 5.84 Å². The van der Waals surface area contributed by atoms with Crippen LogP contribution in [0, 0.1) is 11.8 Å². The van der Waals surface area contributed by atoms with Crippen LogP contribution in [0.15, 0.2) is 92.4 Å². The number of hydrogen-bond acceptors (Lipinski definition) is 4. The molecule has 234 valence electrons. The highest BCUT2D eigenvalue weighted by atomic mass is 15.2. The Kier molecular flexibility index (Phi) is 12.2. The van der Waals surface area contributed by atoms with Gasteiger partial charge in [0.05, 0.1) is 11.4 Å². The molecule has 3 aliphatic heterocycles. The number of unbranched alkanes of at least 4 members (excludes halogenated alkanes) is 1. The summed E-state index contributed by atoms with van der Waals surface area (Å²) < 4.78 is 0. The number of rotatable bonds is 9. The molecule has 0 N–H and O–H groups in total. The maximum atomic E-state index is 5.04. The first-order valence-corrected chi connectivity index (χ1v) is 17.2. The zero-order valence-electron chi connectivity index (χ0n) is 28.4. The molecular formula is C39H58N4. The molecule has 5 aliphatic rings. The van der Waals surface area contributed by atoms with Crippen molar-refractivity contribution in [3.63, 3.8) is 0 Å². The van der Waals surface area contributed by atoms with Crippen molar-refractivity contribution in [3.8, 4) is 0 Å². The maximum Gasteiger partial charge on any atom is 0.137 e. The molecule has 0 amide bonds. The fraction of sp³-hybridized carbons (Fsp3) is 0.590. The minimum atomic E-state index is 0.658. The van der Waals surface area contributed by atoms with E-state index < -0.39 is 0 Å². The Morgan fingerprint density at radius 1 is 1.07 bits per heavy atom. The molecule has 0 radical (unpaired) electrons. The minimum Gasteiger partial charge on any atom is -0.302 e. The van der Waals surface area contributed by atoms with Crippen LogP contribution in [0.25, 0.3) is 0 Å². The number of piperidine rings is 1. The highest BCUT2D eigenvalue weighted by Crippen LogP contribution is 2.38. The highest BCUT2D eigenvalue weighted by molar-refractivity contribution is 6.12. The Balaban J connectivity index is 0.000000365. The molecule has 0 bridgehead atoms. The second kappa shape index (κ2) is 15.8. The number of aliphatic imine (C=N–C) groups is 2. The summed E-state index contributed by atoms with van der Waals surface area (Å²) in [5.74, 6) is 2.46. The fourth-order valence-corrected chi connectivity index (χ4v) is 6.23. The summed E-state index contributed by atoms with van der Waals surface area (Å²) >= 11 is 0. The van der Waals surface area contributed by atoms with E-state index in [1.807, 2.05) is 14.0 Å². The Labute approximate surface area is 263 Å². The number of allylic oxidation sites excluding steroid dienone is 9. The maximum absolute atomic E-state index is 5.04. The topological polar surface area (TPSA) is 31.2 Å². The minimum absolute atomic E-state index is 0.658. The van der Waals surface area contributed by atoms with Crippen molar-refractivity contribution in [1.82, 2.24) is 9.80 Å². The third-order valence-electron chi connectivity index (χ3n) is 10.3. The largest absolute Gasteiger partial charge is 0.302 e. The Bertz CT molecular complexity index is 1250. The number of amidine groups is 1. The van der Waals surface area contributed by atoms with Crippen molar-refractivity contribution < 1.29 is 0 Å². The van der Waals surface area contributed by atoms with Crippen LogP contribution >= 0.6 is 0 Å². The smallest absolute Gasteiger partial charge is 0.137 e. The van der Waals surface area contributed by atoms with E-state index in [1.165, 1.54) is 95.0 Å². The number of nitrogens with zero attached hydrogens (tertiary/aromatic N) is 4. The molecule has 2 saturated carbocycles. The van der Waals surface area contributed by atoms with Crippen LogP contribution in [-0.4, -0.2) is 47.5 Å². The lowest BCUT2D eigenvalue weighted by Gasteiger charge is -2.42. The lowest BCUT2D eigenvalue weighted by molar-refractivity contribution is 0.0915. The van der Waals surface area contributed by atoms with Gasteiger partial charge >= 0.3 is 0 Å². The Morgan fingerprint density at radius 3 is 2.33 bits per heavy atom. The zero-order chi connectivity index (χ0) is 30.9. The molecule has 4 nitrogen and oxygen atoms in total. The fourth-order valence-electron chi connectivity index (χ4n) is 6.23. The summed E-state index contributed by atoms with van der Waals surface area (Å²) in [6.45, 7) is 19.7. The molecule has 43 heavy (non-hydrogen) atoms. The first-order valence-electron chi connectivity index (χ1n) is 17.2. The van der Waals surface area contributed by atoms with Gasteiger partial charge in [-0.1, -0.05) is 63.5 Å². The first kappa shape index (κ1) is 33.2. The average molecular weight is 583 g/mol. The van der Waals surface area contributed by atoms with Crippen molar-refractivity contribution >= 4 is 11.5 Å². The van der Waals surface area contributed by atoms with Crippen molar-refractivity contribution in [2.24, 2.45) is 21.8 Å². The predicted molar refractivity (Wildman–Crippen MR) is 187 cm³/mol. The van der Waals surface area contributed by atoms with Crippen LogP contribution < -0.4 is 0 Å². The molecule has 0 aromatic carbocycles. The summed E-state index contributed by atoms with van der Waals surface area (Å²) in [6.07, 6.45) is 27.9. The van der Waals surface area contributed by atoms with E-state index in [-0.39, 0.29) is 0 Å². The molecule has 0 aromatic heterocycles. The van der Waals surface area contributed by atoms with Gasteiger partial charge in [0, 0.05) is 25.0 Å². The monoisotopic (exact) mass is 582 g/mol. The van der Waals surface area contributed by atoms with Crippen molar-refractivity contribution in [2.75, 3.05) is 20.1 Å². The molecule has 3 heterocycles. The van der Waals surface area contributed by atoms with Gasteiger partial charge in [-0.15, -0.1) is 0 Å². The van der Waals surface area contributed by atoms with Gasteiger partial charge in [-0.2, -0.15) is 0 Å². The van der Waals surface area contributed by atoms with Crippen molar-refractivity contribution in [3.05, 3.63) is 82.4 Å². The highest BCUT2D eigenvalue weighted by Gasteiger charge is 2.32.